The van der Waals surface area contributed by atoms with Crippen molar-refractivity contribution in [1.82, 2.24) is 19.5 Å². The van der Waals surface area contributed by atoms with Gasteiger partial charge >= 0.3 is 0 Å². The maximum atomic E-state index is 6.01. The summed E-state index contributed by atoms with van der Waals surface area (Å²) in [6.45, 7) is 0. The van der Waals surface area contributed by atoms with Crippen LogP contribution in [-0.4, -0.2) is 19.5 Å². The summed E-state index contributed by atoms with van der Waals surface area (Å²) in [7, 11) is 0. The first-order valence-electron chi connectivity index (χ1n) is 13.2. The zero-order chi connectivity index (χ0) is 26.5. The monoisotopic (exact) mass is 514 g/mol. The molecule has 0 N–H and O–H groups in total. The fourth-order valence-electron chi connectivity index (χ4n) is 5.46. The average Bonchev–Trinajstić information content (AvgIpc) is 3.65. The van der Waals surface area contributed by atoms with Crippen molar-refractivity contribution < 1.29 is 4.42 Å². The molecule has 0 aliphatic rings. The van der Waals surface area contributed by atoms with Gasteiger partial charge in [0.2, 0.25) is 0 Å². The van der Waals surface area contributed by atoms with Crippen LogP contribution in [0.15, 0.2) is 138 Å². The Balaban J connectivity index is 1.37. The van der Waals surface area contributed by atoms with Crippen molar-refractivity contribution in [3.8, 4) is 39.9 Å². The third kappa shape index (κ3) is 3.60. The van der Waals surface area contributed by atoms with Gasteiger partial charge in [-0.3, -0.25) is 0 Å². The standard InChI is InChI=1S/C35H22N4O/c1-3-10-24(11-4-1)33-36-34(25-12-5-2-6-13-25)38-35(37-33)26-14-9-15-27(22-26)39-30-17-8-7-16-28(30)29-19-18-23-20-21-40-32(23)31(29)39/h1-22H. The second kappa shape index (κ2) is 9.03. The maximum absolute atomic E-state index is 6.01. The van der Waals surface area contributed by atoms with Crippen LogP contribution in [-0.2, 0) is 0 Å². The molecule has 5 aromatic carbocycles. The topological polar surface area (TPSA) is 56.7 Å². The maximum Gasteiger partial charge on any atom is 0.164 e. The molecule has 40 heavy (non-hydrogen) atoms. The summed E-state index contributed by atoms with van der Waals surface area (Å²) >= 11 is 0. The number of hydrogen-bond acceptors (Lipinski definition) is 4. The molecule has 0 spiro atoms. The lowest BCUT2D eigenvalue weighted by Gasteiger charge is -2.11. The van der Waals surface area contributed by atoms with Crippen LogP contribution in [0, 0.1) is 0 Å². The van der Waals surface area contributed by atoms with Crippen molar-refractivity contribution in [2.24, 2.45) is 0 Å². The highest BCUT2D eigenvalue weighted by Crippen LogP contribution is 2.37. The largest absolute Gasteiger partial charge is 0.462 e. The van der Waals surface area contributed by atoms with Crippen molar-refractivity contribution >= 4 is 32.8 Å². The lowest BCUT2D eigenvalue weighted by Crippen LogP contribution is -2.01. The van der Waals surface area contributed by atoms with Gasteiger partial charge in [-0.1, -0.05) is 103 Å². The van der Waals surface area contributed by atoms with Gasteiger partial charge in [0.1, 0.15) is 0 Å². The Hall–Kier alpha value is -5.55. The first-order valence-corrected chi connectivity index (χ1v) is 13.2. The molecular formula is C35H22N4O. The number of rotatable bonds is 4. The first kappa shape index (κ1) is 22.4. The molecule has 8 rings (SSSR count). The Morgan fingerprint density at radius 1 is 0.500 bits per heavy atom. The van der Waals surface area contributed by atoms with E-state index in [4.69, 9.17) is 19.4 Å². The molecule has 0 unspecified atom stereocenters. The third-order valence-corrected chi connectivity index (χ3v) is 7.32. The molecule has 3 heterocycles. The molecule has 0 aliphatic heterocycles. The summed E-state index contributed by atoms with van der Waals surface area (Å²) < 4.78 is 8.29. The van der Waals surface area contributed by atoms with Gasteiger partial charge in [0, 0.05) is 38.5 Å². The van der Waals surface area contributed by atoms with E-state index in [0.717, 1.165) is 49.8 Å². The van der Waals surface area contributed by atoms with Crippen molar-refractivity contribution in [2.45, 2.75) is 0 Å². The van der Waals surface area contributed by atoms with Crippen molar-refractivity contribution in [3.05, 3.63) is 134 Å². The van der Waals surface area contributed by atoms with Gasteiger partial charge in [0.05, 0.1) is 17.3 Å². The number of para-hydroxylation sites is 1. The van der Waals surface area contributed by atoms with Gasteiger partial charge in [-0.25, -0.2) is 15.0 Å². The quantitative estimate of drug-likeness (QED) is 0.236. The predicted molar refractivity (Wildman–Crippen MR) is 160 cm³/mol. The fraction of sp³-hybridized carbons (Fsp3) is 0. The number of nitrogens with zero attached hydrogens (tertiary/aromatic N) is 4. The summed E-state index contributed by atoms with van der Waals surface area (Å²) in [4.78, 5) is 14.7. The smallest absolute Gasteiger partial charge is 0.164 e. The highest BCUT2D eigenvalue weighted by Gasteiger charge is 2.18. The molecule has 0 atom stereocenters. The molecule has 0 fully saturated rings. The van der Waals surface area contributed by atoms with Crippen LogP contribution in [0.5, 0.6) is 0 Å². The second-order valence-corrected chi connectivity index (χ2v) is 9.74. The zero-order valence-electron chi connectivity index (χ0n) is 21.4. The van der Waals surface area contributed by atoms with Gasteiger partial charge in [0.25, 0.3) is 0 Å². The predicted octanol–water partition coefficient (Wildman–Crippen LogP) is 8.72. The fourth-order valence-corrected chi connectivity index (χ4v) is 5.46. The Labute approximate surface area is 230 Å². The Kier molecular flexibility index (Phi) is 5.07. The van der Waals surface area contributed by atoms with Gasteiger partial charge in [-0.2, -0.15) is 0 Å². The average molecular weight is 515 g/mol. The van der Waals surface area contributed by atoms with E-state index in [0.29, 0.717) is 17.5 Å². The molecular weight excluding hydrogens is 492 g/mol. The molecule has 0 amide bonds. The third-order valence-electron chi connectivity index (χ3n) is 7.32. The summed E-state index contributed by atoms with van der Waals surface area (Å²) in [5.41, 5.74) is 6.85. The van der Waals surface area contributed by atoms with E-state index < -0.39 is 0 Å². The molecule has 3 aromatic heterocycles. The van der Waals surface area contributed by atoms with E-state index in [2.05, 4.69) is 65.2 Å². The molecule has 8 aromatic rings. The van der Waals surface area contributed by atoms with Crippen LogP contribution in [0.25, 0.3) is 72.6 Å². The van der Waals surface area contributed by atoms with E-state index in [-0.39, 0.29) is 0 Å². The van der Waals surface area contributed by atoms with E-state index in [1.54, 1.807) is 6.26 Å². The number of hydrogen-bond donors (Lipinski definition) is 0. The SMILES string of the molecule is c1ccc(-c2nc(-c3ccccc3)nc(-c3cccc(-n4c5ccccc5c5ccc6ccoc6c54)c3)n2)cc1. The summed E-state index contributed by atoms with van der Waals surface area (Å²) in [5.74, 6) is 1.91. The number of furan rings is 1. The van der Waals surface area contributed by atoms with Crippen molar-refractivity contribution in [1.29, 1.82) is 0 Å². The molecule has 0 saturated heterocycles. The van der Waals surface area contributed by atoms with Crippen molar-refractivity contribution in [3.63, 3.8) is 0 Å². The molecule has 0 aliphatic carbocycles. The van der Waals surface area contributed by atoms with E-state index in [1.165, 1.54) is 5.39 Å². The van der Waals surface area contributed by atoms with E-state index in [1.807, 2.05) is 66.7 Å². The minimum absolute atomic E-state index is 0.624. The molecule has 0 radical (unpaired) electrons. The van der Waals surface area contributed by atoms with E-state index in [9.17, 15) is 0 Å². The molecule has 5 heteroatoms. The van der Waals surface area contributed by atoms with Crippen LogP contribution in [0.1, 0.15) is 0 Å². The summed E-state index contributed by atoms with van der Waals surface area (Å²) in [5, 5.41) is 3.41. The molecule has 188 valence electrons. The van der Waals surface area contributed by atoms with E-state index >= 15 is 0 Å². The van der Waals surface area contributed by atoms with Crippen LogP contribution < -0.4 is 0 Å². The molecule has 0 saturated carbocycles. The Morgan fingerprint density at radius 2 is 1.12 bits per heavy atom. The number of aromatic nitrogens is 4. The lowest BCUT2D eigenvalue weighted by atomic mass is 10.1. The Morgan fingerprint density at radius 3 is 1.85 bits per heavy atom. The van der Waals surface area contributed by atoms with Crippen LogP contribution in [0.4, 0.5) is 0 Å². The highest BCUT2D eigenvalue weighted by atomic mass is 16.3. The number of benzene rings is 5. The molecule has 0 bridgehead atoms. The van der Waals surface area contributed by atoms with Gasteiger partial charge in [-0.15, -0.1) is 0 Å². The van der Waals surface area contributed by atoms with Crippen LogP contribution in [0.3, 0.4) is 0 Å². The lowest BCUT2D eigenvalue weighted by molar-refractivity contribution is 0.618. The zero-order valence-corrected chi connectivity index (χ0v) is 21.4. The summed E-state index contributed by atoms with van der Waals surface area (Å²) in [6.07, 6.45) is 1.75. The second-order valence-electron chi connectivity index (χ2n) is 9.74. The highest BCUT2D eigenvalue weighted by molar-refractivity contribution is 6.17. The van der Waals surface area contributed by atoms with Gasteiger partial charge < -0.3 is 8.98 Å². The normalized spacial score (nSPS) is 11.5. The minimum atomic E-state index is 0.624. The first-order chi connectivity index (χ1) is 19.8. The van der Waals surface area contributed by atoms with Gasteiger partial charge in [0.15, 0.2) is 23.1 Å². The Bertz CT molecular complexity index is 2100. The molecule has 5 nitrogen and oxygen atoms in total. The van der Waals surface area contributed by atoms with Crippen LogP contribution >= 0.6 is 0 Å². The summed E-state index contributed by atoms with van der Waals surface area (Å²) in [6, 6.07) is 43.2. The minimum Gasteiger partial charge on any atom is -0.462 e. The van der Waals surface area contributed by atoms with Crippen molar-refractivity contribution in [2.75, 3.05) is 0 Å². The van der Waals surface area contributed by atoms with Gasteiger partial charge in [-0.05, 0) is 24.3 Å². The number of fused-ring (bicyclic) bond motifs is 5. The van der Waals surface area contributed by atoms with Crippen LogP contribution in [0.2, 0.25) is 0 Å².